The van der Waals surface area contributed by atoms with Crippen LogP contribution in [0.25, 0.3) is 0 Å². The number of hydrogen-bond acceptors (Lipinski definition) is 2. The molecule has 1 aromatic rings. The van der Waals surface area contributed by atoms with Gasteiger partial charge in [-0.15, -0.1) is 0 Å². The zero-order valence-electron chi connectivity index (χ0n) is 10.9. The van der Waals surface area contributed by atoms with E-state index in [9.17, 15) is 4.79 Å². The number of rotatable bonds is 4. The van der Waals surface area contributed by atoms with E-state index in [1.807, 2.05) is 0 Å². The highest BCUT2D eigenvalue weighted by Crippen LogP contribution is 2.33. The van der Waals surface area contributed by atoms with Crippen LogP contribution < -0.4 is 4.90 Å². The van der Waals surface area contributed by atoms with Crippen LogP contribution >= 0.6 is 0 Å². The van der Waals surface area contributed by atoms with Crippen molar-refractivity contribution in [2.75, 3.05) is 18.0 Å². The normalized spacial score (nSPS) is 19.2. The van der Waals surface area contributed by atoms with Crippen LogP contribution in [0.2, 0.25) is 0 Å². The first-order chi connectivity index (χ1) is 8.86. The number of aldehydes is 1. The maximum atomic E-state index is 10.6. The second-order valence-corrected chi connectivity index (χ2v) is 5.68. The van der Waals surface area contributed by atoms with E-state index in [4.69, 9.17) is 0 Å². The van der Waals surface area contributed by atoms with E-state index in [2.05, 4.69) is 23.1 Å². The minimum Gasteiger partial charge on any atom is -0.371 e. The van der Waals surface area contributed by atoms with Gasteiger partial charge in [0.25, 0.3) is 0 Å². The highest BCUT2D eigenvalue weighted by Gasteiger charge is 2.23. The molecule has 96 valence electrons. The minimum absolute atomic E-state index is 0.551. The number of fused-ring (bicyclic) bond motifs is 1. The second-order valence-electron chi connectivity index (χ2n) is 5.68. The Morgan fingerprint density at radius 1 is 1.28 bits per heavy atom. The van der Waals surface area contributed by atoms with Gasteiger partial charge in [0, 0.05) is 25.2 Å². The molecule has 18 heavy (non-hydrogen) atoms. The summed E-state index contributed by atoms with van der Waals surface area (Å²) in [4.78, 5) is 13.1. The van der Waals surface area contributed by atoms with Crippen LogP contribution in [0.5, 0.6) is 0 Å². The Bertz CT molecular complexity index is 435. The molecule has 0 unspecified atom stereocenters. The van der Waals surface area contributed by atoms with Crippen molar-refractivity contribution >= 4 is 12.0 Å². The van der Waals surface area contributed by atoms with Crippen molar-refractivity contribution in [3.63, 3.8) is 0 Å². The number of carbonyl (C=O) groups excluding carboxylic acids is 1. The Kier molecular flexibility index (Phi) is 3.35. The summed E-state index contributed by atoms with van der Waals surface area (Å²) in [6.07, 6.45) is 8.36. The van der Waals surface area contributed by atoms with Gasteiger partial charge in [-0.05, 0) is 42.4 Å². The third-order valence-electron chi connectivity index (χ3n) is 4.41. The van der Waals surface area contributed by atoms with Gasteiger partial charge in [0.2, 0.25) is 0 Å². The van der Waals surface area contributed by atoms with E-state index >= 15 is 0 Å². The Balaban J connectivity index is 1.72. The molecule has 0 aromatic heterocycles. The molecule has 1 aliphatic carbocycles. The van der Waals surface area contributed by atoms with Crippen molar-refractivity contribution in [1.29, 1.82) is 0 Å². The van der Waals surface area contributed by atoms with E-state index in [0.29, 0.717) is 6.42 Å². The maximum Gasteiger partial charge on any atom is 0.124 e. The van der Waals surface area contributed by atoms with Crippen LogP contribution in [-0.2, 0) is 17.6 Å². The third kappa shape index (κ3) is 2.29. The number of nitrogens with zero attached hydrogens (tertiary/aromatic N) is 1. The molecule has 1 aliphatic heterocycles. The van der Waals surface area contributed by atoms with Crippen molar-refractivity contribution < 1.29 is 4.79 Å². The van der Waals surface area contributed by atoms with E-state index in [-0.39, 0.29) is 0 Å². The van der Waals surface area contributed by atoms with Crippen molar-refractivity contribution in [1.82, 2.24) is 0 Å². The van der Waals surface area contributed by atoms with E-state index in [1.54, 1.807) is 0 Å². The molecule has 2 nitrogen and oxygen atoms in total. The van der Waals surface area contributed by atoms with Gasteiger partial charge in [0.1, 0.15) is 6.29 Å². The average molecular weight is 243 g/mol. The summed E-state index contributed by atoms with van der Waals surface area (Å²) < 4.78 is 0. The van der Waals surface area contributed by atoms with Crippen molar-refractivity contribution in [2.24, 2.45) is 5.92 Å². The summed E-state index contributed by atoms with van der Waals surface area (Å²) in [5.41, 5.74) is 4.01. The molecule has 2 aliphatic rings. The monoisotopic (exact) mass is 243 g/mol. The van der Waals surface area contributed by atoms with Gasteiger partial charge in [0.05, 0.1) is 0 Å². The lowest BCUT2D eigenvalue weighted by Crippen LogP contribution is -2.26. The molecule has 1 fully saturated rings. The smallest absolute Gasteiger partial charge is 0.124 e. The maximum absolute atomic E-state index is 10.6. The highest BCUT2D eigenvalue weighted by molar-refractivity contribution is 5.62. The molecule has 1 aromatic carbocycles. The summed E-state index contributed by atoms with van der Waals surface area (Å²) in [5.74, 6) is 0.908. The molecular weight excluding hydrogens is 222 g/mol. The average Bonchev–Trinajstić information content (AvgIpc) is 3.00. The Morgan fingerprint density at radius 2 is 2.11 bits per heavy atom. The molecule has 0 spiro atoms. The molecule has 0 bridgehead atoms. The molecule has 0 radical (unpaired) electrons. The number of anilines is 1. The lowest BCUT2D eigenvalue weighted by atomic mass is 10.1. The molecule has 1 heterocycles. The first kappa shape index (κ1) is 11.8. The minimum atomic E-state index is 0.551. The zero-order chi connectivity index (χ0) is 12.4. The van der Waals surface area contributed by atoms with Crippen LogP contribution in [0.4, 0.5) is 5.69 Å². The first-order valence-corrected chi connectivity index (χ1v) is 7.17. The number of carbonyl (C=O) groups is 1. The standard InChI is InChI=1S/C16H21NO/c18-10-8-13-5-6-16-15(11-13)7-9-17(16)12-14-3-1-2-4-14/h5-6,10-11,14H,1-4,7-9,12H2. The highest BCUT2D eigenvalue weighted by atomic mass is 16.1. The van der Waals surface area contributed by atoms with Gasteiger partial charge >= 0.3 is 0 Å². The number of hydrogen-bond donors (Lipinski definition) is 0. The molecule has 0 amide bonds. The SMILES string of the molecule is O=CCc1ccc2c(c1)CCN2CC1CCCC1. The molecule has 0 saturated heterocycles. The quantitative estimate of drug-likeness (QED) is 0.758. The van der Waals surface area contributed by atoms with Gasteiger partial charge < -0.3 is 9.69 Å². The van der Waals surface area contributed by atoms with Crippen LogP contribution in [0.1, 0.15) is 36.8 Å². The van der Waals surface area contributed by atoms with E-state index in [0.717, 1.165) is 30.7 Å². The summed E-state index contributed by atoms with van der Waals surface area (Å²) >= 11 is 0. The predicted octanol–water partition coefficient (Wildman–Crippen LogP) is 2.98. The Morgan fingerprint density at radius 3 is 2.89 bits per heavy atom. The molecular formula is C16H21NO. The van der Waals surface area contributed by atoms with Crippen LogP contribution in [0.15, 0.2) is 18.2 Å². The topological polar surface area (TPSA) is 20.3 Å². The fraction of sp³-hybridized carbons (Fsp3) is 0.562. The van der Waals surface area contributed by atoms with Gasteiger partial charge in [-0.25, -0.2) is 0 Å². The molecule has 0 atom stereocenters. The van der Waals surface area contributed by atoms with Crippen LogP contribution in [-0.4, -0.2) is 19.4 Å². The summed E-state index contributed by atoms with van der Waals surface area (Å²) in [6.45, 7) is 2.40. The van der Waals surface area contributed by atoms with Crippen molar-refractivity contribution in [2.45, 2.75) is 38.5 Å². The third-order valence-corrected chi connectivity index (χ3v) is 4.41. The van der Waals surface area contributed by atoms with E-state index in [1.165, 1.54) is 43.5 Å². The van der Waals surface area contributed by atoms with Crippen molar-refractivity contribution in [3.05, 3.63) is 29.3 Å². The van der Waals surface area contributed by atoms with Gasteiger partial charge in [0.15, 0.2) is 0 Å². The molecule has 0 N–H and O–H groups in total. The van der Waals surface area contributed by atoms with Crippen molar-refractivity contribution in [3.8, 4) is 0 Å². The lowest BCUT2D eigenvalue weighted by Gasteiger charge is -2.23. The predicted molar refractivity (Wildman–Crippen MR) is 74.1 cm³/mol. The molecule has 2 heteroatoms. The summed E-state index contributed by atoms with van der Waals surface area (Å²) in [5, 5.41) is 0. The Hall–Kier alpha value is -1.31. The molecule has 1 saturated carbocycles. The van der Waals surface area contributed by atoms with Crippen LogP contribution in [0.3, 0.4) is 0 Å². The first-order valence-electron chi connectivity index (χ1n) is 7.17. The number of benzene rings is 1. The second kappa shape index (κ2) is 5.13. The lowest BCUT2D eigenvalue weighted by molar-refractivity contribution is -0.107. The zero-order valence-corrected chi connectivity index (χ0v) is 10.9. The van der Waals surface area contributed by atoms with Gasteiger partial charge in [-0.1, -0.05) is 25.0 Å². The van der Waals surface area contributed by atoms with Gasteiger partial charge in [-0.3, -0.25) is 0 Å². The Labute approximate surface area is 109 Å². The molecule has 3 rings (SSSR count). The fourth-order valence-corrected chi connectivity index (χ4v) is 3.44. The summed E-state index contributed by atoms with van der Waals surface area (Å²) in [7, 11) is 0. The fourth-order valence-electron chi connectivity index (χ4n) is 3.44. The van der Waals surface area contributed by atoms with Crippen LogP contribution in [0, 0.1) is 5.92 Å². The van der Waals surface area contributed by atoms with E-state index < -0.39 is 0 Å². The summed E-state index contributed by atoms with van der Waals surface area (Å²) in [6, 6.07) is 6.55. The van der Waals surface area contributed by atoms with Gasteiger partial charge in [-0.2, -0.15) is 0 Å². The largest absolute Gasteiger partial charge is 0.371 e.